The van der Waals surface area contributed by atoms with Gasteiger partial charge in [0, 0.05) is 24.2 Å². The van der Waals surface area contributed by atoms with Crippen LogP contribution in [-0.4, -0.2) is 36.1 Å². The van der Waals surface area contributed by atoms with Gasteiger partial charge in [-0.1, -0.05) is 13.8 Å². The Morgan fingerprint density at radius 2 is 2.47 bits per heavy atom. The van der Waals surface area contributed by atoms with Crippen LogP contribution in [0.3, 0.4) is 0 Å². The van der Waals surface area contributed by atoms with Gasteiger partial charge in [0.05, 0.1) is 5.51 Å². The predicted molar refractivity (Wildman–Crippen MR) is 73.2 cm³/mol. The lowest BCUT2D eigenvalue weighted by Crippen LogP contribution is -2.28. The summed E-state index contributed by atoms with van der Waals surface area (Å²) in [6.07, 6.45) is 3.33. The van der Waals surface area contributed by atoms with E-state index in [1.807, 2.05) is 11.7 Å². The SMILES string of the molecule is CC(C)CNCC1CCN(Cc2cncs2)C1. The number of thiazole rings is 1. The zero-order valence-corrected chi connectivity index (χ0v) is 11.7. The second-order valence-electron chi connectivity index (χ2n) is 5.41. The summed E-state index contributed by atoms with van der Waals surface area (Å²) in [6, 6.07) is 0. The van der Waals surface area contributed by atoms with E-state index in [-0.39, 0.29) is 0 Å². The van der Waals surface area contributed by atoms with Gasteiger partial charge in [0.25, 0.3) is 0 Å². The summed E-state index contributed by atoms with van der Waals surface area (Å²) in [7, 11) is 0. The highest BCUT2D eigenvalue weighted by Gasteiger charge is 2.22. The maximum absolute atomic E-state index is 4.13. The van der Waals surface area contributed by atoms with Crippen molar-refractivity contribution in [2.75, 3.05) is 26.2 Å². The van der Waals surface area contributed by atoms with Gasteiger partial charge in [0.2, 0.25) is 0 Å². The standard InChI is InChI=1S/C13H23N3S/c1-11(2)5-14-6-12-3-4-16(8-12)9-13-7-15-10-17-13/h7,10-12,14H,3-6,8-9H2,1-2H3. The van der Waals surface area contributed by atoms with Crippen LogP contribution in [0, 0.1) is 11.8 Å². The van der Waals surface area contributed by atoms with Crippen LogP contribution in [0.1, 0.15) is 25.1 Å². The molecule has 0 amide bonds. The summed E-state index contributed by atoms with van der Waals surface area (Å²) in [5.41, 5.74) is 1.92. The molecule has 1 aromatic rings. The van der Waals surface area contributed by atoms with Crippen molar-refractivity contribution in [1.82, 2.24) is 15.2 Å². The Labute approximate surface area is 108 Å². The van der Waals surface area contributed by atoms with Crippen molar-refractivity contribution in [3.63, 3.8) is 0 Å². The normalized spacial score (nSPS) is 21.5. The van der Waals surface area contributed by atoms with Crippen LogP contribution in [0.2, 0.25) is 0 Å². The zero-order valence-electron chi connectivity index (χ0n) is 10.9. The van der Waals surface area contributed by atoms with Crippen LogP contribution in [0.15, 0.2) is 11.7 Å². The number of likely N-dealkylation sites (tertiary alicyclic amines) is 1. The molecule has 1 aliphatic rings. The van der Waals surface area contributed by atoms with Crippen LogP contribution in [0.4, 0.5) is 0 Å². The third-order valence-electron chi connectivity index (χ3n) is 3.22. The second kappa shape index (κ2) is 6.47. The van der Waals surface area contributed by atoms with Crippen molar-refractivity contribution < 1.29 is 0 Å². The maximum atomic E-state index is 4.13. The van der Waals surface area contributed by atoms with Crippen LogP contribution in [0.5, 0.6) is 0 Å². The molecule has 0 bridgehead atoms. The number of hydrogen-bond donors (Lipinski definition) is 1. The van der Waals surface area contributed by atoms with Crippen LogP contribution in [-0.2, 0) is 6.54 Å². The number of rotatable bonds is 6. The number of hydrogen-bond acceptors (Lipinski definition) is 4. The number of nitrogens with zero attached hydrogens (tertiary/aromatic N) is 2. The Kier molecular flexibility index (Phi) is 4.95. The first-order chi connectivity index (χ1) is 8.24. The number of nitrogens with one attached hydrogen (secondary N) is 1. The molecule has 1 unspecified atom stereocenters. The first kappa shape index (κ1) is 13.0. The van der Waals surface area contributed by atoms with Gasteiger partial charge >= 0.3 is 0 Å². The molecule has 17 heavy (non-hydrogen) atoms. The molecule has 1 saturated heterocycles. The first-order valence-corrected chi connectivity index (χ1v) is 7.42. The van der Waals surface area contributed by atoms with E-state index in [1.54, 1.807) is 11.3 Å². The molecule has 2 rings (SSSR count). The Balaban J connectivity index is 1.65. The van der Waals surface area contributed by atoms with Crippen molar-refractivity contribution in [1.29, 1.82) is 0 Å². The highest BCUT2D eigenvalue weighted by atomic mass is 32.1. The minimum Gasteiger partial charge on any atom is -0.316 e. The van der Waals surface area contributed by atoms with Crippen molar-refractivity contribution >= 4 is 11.3 Å². The van der Waals surface area contributed by atoms with Gasteiger partial charge in [-0.05, 0) is 37.9 Å². The average Bonchev–Trinajstić information content (AvgIpc) is 2.90. The van der Waals surface area contributed by atoms with Gasteiger partial charge in [0.1, 0.15) is 0 Å². The van der Waals surface area contributed by atoms with Gasteiger partial charge in [0.15, 0.2) is 0 Å². The molecule has 0 aliphatic carbocycles. The van der Waals surface area contributed by atoms with Crippen LogP contribution >= 0.6 is 11.3 Å². The lowest BCUT2D eigenvalue weighted by molar-refractivity contribution is 0.316. The molecule has 0 radical (unpaired) electrons. The molecule has 1 fully saturated rings. The molecule has 96 valence electrons. The minimum atomic E-state index is 0.754. The van der Waals surface area contributed by atoms with Gasteiger partial charge in [-0.3, -0.25) is 9.88 Å². The highest BCUT2D eigenvalue weighted by Crippen LogP contribution is 2.19. The minimum absolute atomic E-state index is 0.754. The van der Waals surface area contributed by atoms with Gasteiger partial charge < -0.3 is 5.32 Å². The molecular formula is C13H23N3S. The molecule has 1 atom stereocenters. The van der Waals surface area contributed by atoms with E-state index in [0.717, 1.165) is 24.9 Å². The van der Waals surface area contributed by atoms with Gasteiger partial charge in [-0.2, -0.15) is 0 Å². The van der Waals surface area contributed by atoms with E-state index < -0.39 is 0 Å². The number of aromatic nitrogens is 1. The van der Waals surface area contributed by atoms with E-state index >= 15 is 0 Å². The first-order valence-electron chi connectivity index (χ1n) is 6.54. The largest absolute Gasteiger partial charge is 0.316 e. The summed E-state index contributed by atoms with van der Waals surface area (Å²) in [6.45, 7) is 10.4. The van der Waals surface area contributed by atoms with Crippen molar-refractivity contribution in [2.24, 2.45) is 11.8 Å². The summed E-state index contributed by atoms with van der Waals surface area (Å²) in [4.78, 5) is 8.07. The summed E-state index contributed by atoms with van der Waals surface area (Å²) in [5, 5.41) is 3.57. The fourth-order valence-corrected chi connectivity index (χ4v) is 2.98. The molecule has 1 N–H and O–H groups in total. The van der Waals surface area contributed by atoms with Crippen molar-refractivity contribution in [3.8, 4) is 0 Å². The van der Waals surface area contributed by atoms with Crippen molar-refractivity contribution in [3.05, 3.63) is 16.6 Å². The highest BCUT2D eigenvalue weighted by molar-refractivity contribution is 7.09. The molecule has 4 heteroatoms. The smallest absolute Gasteiger partial charge is 0.0794 e. The summed E-state index contributed by atoms with van der Waals surface area (Å²) >= 11 is 1.76. The average molecular weight is 253 g/mol. The Morgan fingerprint density at radius 1 is 1.59 bits per heavy atom. The molecule has 0 saturated carbocycles. The van der Waals surface area contributed by atoms with Gasteiger partial charge in [-0.25, -0.2) is 0 Å². The van der Waals surface area contributed by atoms with E-state index in [0.29, 0.717) is 0 Å². The fourth-order valence-electron chi connectivity index (χ4n) is 2.34. The summed E-state index contributed by atoms with van der Waals surface area (Å²) in [5.74, 6) is 1.59. The lowest BCUT2D eigenvalue weighted by Gasteiger charge is -2.15. The van der Waals surface area contributed by atoms with E-state index in [2.05, 4.69) is 29.0 Å². The van der Waals surface area contributed by atoms with E-state index in [1.165, 1.54) is 30.9 Å². The second-order valence-corrected chi connectivity index (χ2v) is 6.38. The van der Waals surface area contributed by atoms with E-state index in [9.17, 15) is 0 Å². The third-order valence-corrected chi connectivity index (χ3v) is 3.98. The molecule has 1 aromatic heterocycles. The van der Waals surface area contributed by atoms with Crippen LogP contribution in [0.25, 0.3) is 0 Å². The maximum Gasteiger partial charge on any atom is 0.0794 e. The molecular weight excluding hydrogens is 230 g/mol. The monoisotopic (exact) mass is 253 g/mol. The quantitative estimate of drug-likeness (QED) is 0.842. The van der Waals surface area contributed by atoms with Crippen LogP contribution < -0.4 is 5.32 Å². The molecule has 0 spiro atoms. The molecule has 3 nitrogen and oxygen atoms in total. The third kappa shape index (κ3) is 4.37. The zero-order chi connectivity index (χ0) is 12.1. The summed E-state index contributed by atoms with van der Waals surface area (Å²) < 4.78 is 0. The lowest BCUT2D eigenvalue weighted by atomic mass is 10.1. The fraction of sp³-hybridized carbons (Fsp3) is 0.769. The molecule has 0 aromatic carbocycles. The van der Waals surface area contributed by atoms with Crippen molar-refractivity contribution in [2.45, 2.75) is 26.8 Å². The molecule has 2 heterocycles. The molecule has 1 aliphatic heterocycles. The van der Waals surface area contributed by atoms with Gasteiger partial charge in [-0.15, -0.1) is 11.3 Å². The Hall–Kier alpha value is -0.450. The van der Waals surface area contributed by atoms with E-state index in [4.69, 9.17) is 0 Å². The topological polar surface area (TPSA) is 28.2 Å². The predicted octanol–water partition coefficient (Wildman–Crippen LogP) is 2.21. The Bertz CT molecular complexity index is 310. The Morgan fingerprint density at radius 3 is 3.18 bits per heavy atom.